The number of rotatable bonds is 5. The van der Waals surface area contributed by atoms with Gasteiger partial charge in [0.05, 0.1) is 17.7 Å². The Balaban J connectivity index is 1.54. The number of hydrogen-bond acceptors (Lipinski definition) is 5. The molecule has 0 unspecified atom stereocenters. The third-order valence-corrected chi connectivity index (χ3v) is 7.83. The largest absolute Gasteiger partial charge is 0.390 e. The number of nitrogens with one attached hydrogen (secondary N) is 3. The van der Waals surface area contributed by atoms with Crippen molar-refractivity contribution in [3.8, 4) is 0 Å². The molecule has 3 aliphatic rings. The Morgan fingerprint density at radius 3 is 2.65 bits per heavy atom. The lowest BCUT2D eigenvalue weighted by Gasteiger charge is -2.40. The maximum Gasteiger partial charge on any atom is 0.246 e. The van der Waals surface area contributed by atoms with Gasteiger partial charge in [-0.15, -0.1) is 0 Å². The number of carbonyl (C=O) groups is 3. The van der Waals surface area contributed by atoms with Crippen molar-refractivity contribution < 1.29 is 19.5 Å². The lowest BCUT2D eigenvalue weighted by molar-refractivity contribution is -0.147. The summed E-state index contributed by atoms with van der Waals surface area (Å²) in [6.45, 7) is 3.51. The second-order valence-corrected chi connectivity index (χ2v) is 10.5. The summed E-state index contributed by atoms with van der Waals surface area (Å²) in [4.78, 5) is 41.4. The summed E-state index contributed by atoms with van der Waals surface area (Å²) in [6.07, 6.45) is 5.30. The molecule has 0 bridgehead atoms. The van der Waals surface area contributed by atoms with Crippen molar-refractivity contribution in [1.82, 2.24) is 20.9 Å². The van der Waals surface area contributed by atoms with E-state index in [1.807, 2.05) is 12.1 Å². The van der Waals surface area contributed by atoms with E-state index in [1.165, 1.54) is 5.56 Å². The highest BCUT2D eigenvalue weighted by molar-refractivity contribution is 5.94. The number of aliphatic hydroxyl groups is 1. The van der Waals surface area contributed by atoms with Gasteiger partial charge in [-0.05, 0) is 83.4 Å². The second-order valence-electron chi connectivity index (χ2n) is 10.5. The van der Waals surface area contributed by atoms with Gasteiger partial charge in [0.25, 0.3) is 0 Å². The van der Waals surface area contributed by atoms with E-state index in [0.29, 0.717) is 32.1 Å². The molecule has 0 radical (unpaired) electrons. The first-order valence-electron chi connectivity index (χ1n) is 12.6. The minimum atomic E-state index is -0.963. The van der Waals surface area contributed by atoms with Crippen molar-refractivity contribution in [2.45, 2.75) is 101 Å². The number of fused-ring (bicyclic) bond motifs is 2. The van der Waals surface area contributed by atoms with Gasteiger partial charge >= 0.3 is 0 Å². The predicted octanol–water partition coefficient (Wildman–Crippen LogP) is 1.57. The Morgan fingerprint density at radius 1 is 1.12 bits per heavy atom. The molecule has 1 aromatic rings. The Bertz CT molecular complexity index is 933. The van der Waals surface area contributed by atoms with Crippen LogP contribution in [0.2, 0.25) is 0 Å². The van der Waals surface area contributed by atoms with Crippen molar-refractivity contribution >= 4 is 17.7 Å². The first-order valence-corrected chi connectivity index (χ1v) is 12.6. The second kappa shape index (κ2) is 10.0. The summed E-state index contributed by atoms with van der Waals surface area (Å²) >= 11 is 0. The highest BCUT2D eigenvalue weighted by atomic mass is 16.3. The molecule has 1 aromatic carbocycles. The zero-order chi connectivity index (χ0) is 24.5. The maximum absolute atomic E-state index is 13.7. The molecule has 3 amide bonds. The number of nitrogens with zero attached hydrogens (tertiary/aromatic N) is 1. The summed E-state index contributed by atoms with van der Waals surface area (Å²) in [7, 11) is 1.69. The lowest BCUT2D eigenvalue weighted by Crippen LogP contribution is -2.59. The van der Waals surface area contributed by atoms with Gasteiger partial charge in [0.1, 0.15) is 12.1 Å². The van der Waals surface area contributed by atoms with Gasteiger partial charge in [-0.3, -0.25) is 14.4 Å². The first kappa shape index (κ1) is 24.7. The first-order chi connectivity index (χ1) is 16.2. The summed E-state index contributed by atoms with van der Waals surface area (Å²) in [5, 5.41) is 19.9. The molecule has 2 saturated heterocycles. The smallest absolute Gasteiger partial charge is 0.246 e. The van der Waals surface area contributed by atoms with Gasteiger partial charge < -0.3 is 26.0 Å². The number of carbonyl (C=O) groups excluding carboxylic acids is 3. The van der Waals surface area contributed by atoms with Gasteiger partial charge in [0.15, 0.2) is 0 Å². The van der Waals surface area contributed by atoms with Crippen LogP contribution in [0.1, 0.15) is 76.0 Å². The third kappa shape index (κ3) is 5.13. The number of hydrogen-bond donors (Lipinski definition) is 4. The molecule has 2 heterocycles. The minimum Gasteiger partial charge on any atom is -0.390 e. The van der Waals surface area contributed by atoms with Crippen molar-refractivity contribution in [2.75, 3.05) is 7.05 Å². The maximum atomic E-state index is 13.7. The number of amides is 3. The van der Waals surface area contributed by atoms with Crippen LogP contribution in [0.25, 0.3) is 0 Å². The Hall–Kier alpha value is -2.45. The molecular weight excluding hydrogens is 432 g/mol. The number of aryl methyl sites for hydroxylation is 1. The van der Waals surface area contributed by atoms with Crippen LogP contribution in [-0.4, -0.2) is 64.5 Å². The van der Waals surface area contributed by atoms with Crippen molar-refractivity contribution in [3.05, 3.63) is 35.4 Å². The highest BCUT2D eigenvalue weighted by Crippen LogP contribution is 2.36. The minimum absolute atomic E-state index is 0.0588. The molecule has 0 aromatic heterocycles. The molecule has 2 fully saturated rings. The summed E-state index contributed by atoms with van der Waals surface area (Å²) in [5.41, 5.74) is 1.46. The molecule has 0 saturated carbocycles. The molecule has 0 spiro atoms. The fourth-order valence-corrected chi connectivity index (χ4v) is 5.78. The van der Waals surface area contributed by atoms with E-state index in [4.69, 9.17) is 0 Å². The fourth-order valence-electron chi connectivity index (χ4n) is 5.78. The Morgan fingerprint density at radius 2 is 1.88 bits per heavy atom. The van der Waals surface area contributed by atoms with E-state index < -0.39 is 23.7 Å². The van der Waals surface area contributed by atoms with E-state index in [9.17, 15) is 19.5 Å². The molecule has 6 atom stereocenters. The van der Waals surface area contributed by atoms with Crippen molar-refractivity contribution in [3.63, 3.8) is 0 Å². The van der Waals surface area contributed by atoms with E-state index in [1.54, 1.807) is 25.8 Å². The van der Waals surface area contributed by atoms with E-state index in [0.717, 1.165) is 24.8 Å². The zero-order valence-corrected chi connectivity index (χ0v) is 20.5. The van der Waals surface area contributed by atoms with Crippen LogP contribution in [0, 0.1) is 0 Å². The standard InChI is InChI=1S/C26H38N4O4/c1-16(27-3)23(31)29-21-13-14-26(2,34)15-18-11-12-22(30(18)25(21)33)24(32)28-20-10-6-8-17-7-4-5-9-19(17)20/h4-5,7,9,16,18,20-22,27,34H,6,8,10-15H2,1-3H3,(H,28,32)(H,29,31)/t16-,18+,20+,21-,22-,26+/m0/s1. The third-order valence-electron chi connectivity index (χ3n) is 7.83. The number of likely N-dealkylation sites (N-methyl/N-ethyl adjacent to an activating group) is 1. The Kier molecular flexibility index (Phi) is 7.28. The molecule has 8 nitrogen and oxygen atoms in total. The molecule has 34 heavy (non-hydrogen) atoms. The topological polar surface area (TPSA) is 111 Å². The van der Waals surface area contributed by atoms with Crippen molar-refractivity contribution in [2.24, 2.45) is 0 Å². The van der Waals surface area contributed by atoms with Gasteiger partial charge in [0, 0.05) is 6.04 Å². The van der Waals surface area contributed by atoms with Crippen molar-refractivity contribution in [1.29, 1.82) is 0 Å². The van der Waals surface area contributed by atoms with Crippen LogP contribution >= 0.6 is 0 Å². The molecule has 2 aliphatic heterocycles. The summed E-state index contributed by atoms with van der Waals surface area (Å²) < 4.78 is 0. The summed E-state index contributed by atoms with van der Waals surface area (Å²) in [5.74, 6) is -0.637. The number of benzene rings is 1. The van der Waals surface area contributed by atoms with E-state index in [2.05, 4.69) is 28.1 Å². The molecule has 4 N–H and O–H groups in total. The molecule has 4 rings (SSSR count). The Labute approximate surface area is 201 Å². The van der Waals surface area contributed by atoms with E-state index in [-0.39, 0.29) is 29.8 Å². The van der Waals surface area contributed by atoms with Crippen LogP contribution in [0.4, 0.5) is 0 Å². The normalized spacial score (nSPS) is 32.1. The zero-order valence-electron chi connectivity index (χ0n) is 20.5. The van der Waals surface area contributed by atoms with Gasteiger partial charge in [-0.2, -0.15) is 0 Å². The van der Waals surface area contributed by atoms with Crippen LogP contribution < -0.4 is 16.0 Å². The summed E-state index contributed by atoms with van der Waals surface area (Å²) in [6, 6.07) is 6.12. The quantitative estimate of drug-likeness (QED) is 0.522. The molecular formula is C26H38N4O4. The average molecular weight is 471 g/mol. The average Bonchev–Trinajstić information content (AvgIpc) is 3.22. The van der Waals surface area contributed by atoms with Gasteiger partial charge in [-0.25, -0.2) is 0 Å². The van der Waals surface area contributed by atoms with Crippen LogP contribution in [0.5, 0.6) is 0 Å². The van der Waals surface area contributed by atoms with Crippen LogP contribution in [0.3, 0.4) is 0 Å². The monoisotopic (exact) mass is 470 g/mol. The van der Waals surface area contributed by atoms with Crippen LogP contribution in [0.15, 0.2) is 24.3 Å². The molecule has 1 aliphatic carbocycles. The van der Waals surface area contributed by atoms with Crippen LogP contribution in [-0.2, 0) is 20.8 Å². The highest BCUT2D eigenvalue weighted by Gasteiger charge is 2.47. The van der Waals surface area contributed by atoms with Gasteiger partial charge in [-0.1, -0.05) is 24.3 Å². The lowest BCUT2D eigenvalue weighted by atomic mass is 9.87. The van der Waals surface area contributed by atoms with Gasteiger partial charge in [0.2, 0.25) is 17.7 Å². The SMILES string of the molecule is CN[C@@H](C)C(=O)N[C@H]1CC[C@@](C)(O)C[C@H]2CC[C@@H](C(=O)N[C@@H]3CCCc4ccccc43)N2C1=O. The predicted molar refractivity (Wildman–Crippen MR) is 129 cm³/mol. The fraction of sp³-hybridized carbons (Fsp3) is 0.654. The molecule has 186 valence electrons. The molecule has 8 heteroatoms. The van der Waals surface area contributed by atoms with E-state index >= 15 is 0 Å².